The number of benzene rings is 1. The fourth-order valence-electron chi connectivity index (χ4n) is 2.90. The molecule has 0 radical (unpaired) electrons. The van der Waals surface area contributed by atoms with Crippen molar-refractivity contribution in [1.82, 2.24) is 16.0 Å². The molecule has 1 aromatic carbocycles. The number of carbonyl (C=O) groups is 1. The average Bonchev–Trinajstić information content (AvgIpc) is 2.70. The van der Waals surface area contributed by atoms with Gasteiger partial charge >= 0.3 is 0 Å². The number of aliphatic hydroxyl groups excluding tert-OH is 1. The molecule has 0 heterocycles. The van der Waals surface area contributed by atoms with E-state index in [2.05, 4.69) is 20.9 Å². The molecule has 1 aromatic rings. The Morgan fingerprint density at radius 3 is 2.40 bits per heavy atom. The number of amides is 1. The molecule has 10 N–H and O–H groups in total. The number of hydrogen-bond donors (Lipinski definition) is 7. The fraction of sp³-hybridized carbons (Fsp3) is 0.619. The van der Waals surface area contributed by atoms with Crippen LogP contribution in [0.3, 0.4) is 0 Å². The summed E-state index contributed by atoms with van der Waals surface area (Å²) in [5.41, 5.74) is 18.0. The van der Waals surface area contributed by atoms with Crippen LogP contribution in [-0.2, 0) is 11.2 Å². The normalized spacial score (nSPS) is 12.9. The van der Waals surface area contributed by atoms with Crippen LogP contribution >= 0.6 is 0 Å². The number of rotatable bonds is 16. The number of aliphatic hydroxyl groups is 1. The maximum absolute atomic E-state index is 12.1. The van der Waals surface area contributed by atoms with Crippen molar-refractivity contribution in [3.63, 3.8) is 0 Å². The van der Waals surface area contributed by atoms with E-state index in [1.54, 1.807) is 6.92 Å². The quantitative estimate of drug-likeness (QED) is 0.0857. The van der Waals surface area contributed by atoms with E-state index in [4.69, 9.17) is 17.2 Å². The van der Waals surface area contributed by atoms with Crippen molar-refractivity contribution in [3.05, 3.63) is 29.8 Å². The zero-order chi connectivity index (χ0) is 22.2. The molecule has 170 valence electrons. The van der Waals surface area contributed by atoms with E-state index in [9.17, 15) is 9.90 Å². The zero-order valence-corrected chi connectivity index (χ0v) is 18.1. The van der Waals surface area contributed by atoms with Gasteiger partial charge in [-0.25, -0.2) is 4.99 Å². The van der Waals surface area contributed by atoms with Gasteiger partial charge in [0.25, 0.3) is 0 Å². The summed E-state index contributed by atoms with van der Waals surface area (Å²) >= 11 is 0. The lowest BCUT2D eigenvalue weighted by Crippen LogP contribution is -2.48. The van der Waals surface area contributed by atoms with Gasteiger partial charge in [-0.3, -0.25) is 10.1 Å². The van der Waals surface area contributed by atoms with Gasteiger partial charge in [0, 0.05) is 6.42 Å². The molecule has 0 bridgehead atoms. The maximum atomic E-state index is 12.1. The summed E-state index contributed by atoms with van der Waals surface area (Å²) in [6.07, 6.45) is 4.11. The highest BCUT2D eigenvalue weighted by molar-refractivity contribution is 5.79. The van der Waals surface area contributed by atoms with E-state index in [0.717, 1.165) is 50.8 Å². The van der Waals surface area contributed by atoms with Crippen molar-refractivity contribution < 1.29 is 9.90 Å². The predicted octanol–water partition coefficient (Wildman–Crippen LogP) is 0.0455. The highest BCUT2D eigenvalue weighted by Gasteiger charge is 2.15. The number of nitrogens with zero attached hydrogens (tertiary/aromatic N) is 1. The van der Waals surface area contributed by atoms with Crippen molar-refractivity contribution in [1.29, 1.82) is 0 Å². The Morgan fingerprint density at radius 1 is 1.07 bits per heavy atom. The molecule has 0 aliphatic rings. The minimum atomic E-state index is -0.762. The summed E-state index contributed by atoms with van der Waals surface area (Å²) in [6.45, 7) is 5.10. The third-order valence-electron chi connectivity index (χ3n) is 4.62. The number of guanidine groups is 1. The molecule has 0 spiro atoms. The van der Waals surface area contributed by atoms with Gasteiger partial charge in [0.05, 0.1) is 11.7 Å². The molecular weight excluding hydrogens is 382 g/mol. The molecule has 1 amide bonds. The highest BCUT2D eigenvalue weighted by Crippen LogP contribution is 2.14. The number of nitrogens with two attached hydrogens (primary N) is 3. The molecule has 9 heteroatoms. The summed E-state index contributed by atoms with van der Waals surface area (Å²) in [6, 6.07) is 7.23. The Kier molecular flexibility index (Phi) is 13.4. The summed E-state index contributed by atoms with van der Waals surface area (Å²) in [5.74, 6) is -0.0369. The predicted molar refractivity (Wildman–Crippen MR) is 122 cm³/mol. The lowest BCUT2D eigenvalue weighted by atomic mass is 10.1. The first kappa shape index (κ1) is 25.8. The van der Waals surface area contributed by atoms with Crippen LogP contribution in [0.2, 0.25) is 0 Å². The molecule has 0 saturated carbocycles. The third-order valence-corrected chi connectivity index (χ3v) is 4.62. The Bertz CT molecular complexity index is 618. The van der Waals surface area contributed by atoms with Crippen molar-refractivity contribution in [2.75, 3.05) is 26.2 Å². The van der Waals surface area contributed by atoms with E-state index in [1.807, 2.05) is 24.3 Å². The lowest BCUT2D eigenvalue weighted by molar-refractivity contribution is -0.122. The number of aliphatic imine (C=N–C) groups is 1. The van der Waals surface area contributed by atoms with E-state index < -0.39 is 6.23 Å². The van der Waals surface area contributed by atoms with Crippen LogP contribution < -0.4 is 33.2 Å². The number of unbranched alkanes of at least 4 members (excludes halogenated alkanes) is 1. The average molecular weight is 422 g/mol. The van der Waals surface area contributed by atoms with Crippen molar-refractivity contribution >= 4 is 17.6 Å². The Morgan fingerprint density at radius 2 is 1.73 bits per heavy atom. The van der Waals surface area contributed by atoms with Gasteiger partial charge in [0.2, 0.25) is 5.91 Å². The number of aryl methyl sites for hydroxylation is 1. The molecule has 1 rings (SSSR count). The number of carbonyl (C=O) groups excluding carboxylic acids is 1. The Hall–Kier alpha value is -2.20. The van der Waals surface area contributed by atoms with Gasteiger partial charge in [-0.05, 0) is 82.9 Å². The molecule has 0 aliphatic heterocycles. The van der Waals surface area contributed by atoms with Gasteiger partial charge in [-0.1, -0.05) is 12.1 Å². The molecule has 0 aromatic heterocycles. The third kappa shape index (κ3) is 12.4. The van der Waals surface area contributed by atoms with Crippen LogP contribution in [0.1, 0.15) is 44.6 Å². The van der Waals surface area contributed by atoms with E-state index >= 15 is 0 Å². The van der Waals surface area contributed by atoms with Crippen LogP contribution in [0.5, 0.6) is 0 Å². The second-order valence-corrected chi connectivity index (χ2v) is 7.41. The van der Waals surface area contributed by atoms with Crippen molar-refractivity contribution in [2.45, 2.75) is 57.7 Å². The number of nitrogens with one attached hydrogen (secondary N) is 3. The van der Waals surface area contributed by atoms with Crippen LogP contribution in [0, 0.1) is 0 Å². The van der Waals surface area contributed by atoms with E-state index in [1.165, 1.54) is 0 Å². The molecule has 0 fully saturated rings. The first-order chi connectivity index (χ1) is 14.4. The molecule has 0 saturated heterocycles. The van der Waals surface area contributed by atoms with E-state index in [0.29, 0.717) is 25.2 Å². The van der Waals surface area contributed by atoms with Gasteiger partial charge in [-0.2, -0.15) is 0 Å². The van der Waals surface area contributed by atoms with E-state index in [-0.39, 0.29) is 17.9 Å². The number of hydrogen-bond acceptors (Lipinski definition) is 6. The monoisotopic (exact) mass is 421 g/mol. The highest BCUT2D eigenvalue weighted by atomic mass is 16.3. The van der Waals surface area contributed by atoms with Gasteiger partial charge in [0.1, 0.15) is 6.23 Å². The standard InChI is InChI=1S/C21H39N7O2/c1-16(20(30)26-15-3-2-13-25-14-5-12-22)27-19(29)7-4-6-17-8-10-18(11-9-17)28-21(23)24/h8-11,16,20,25-26,30H,2-7,12-15,22H2,1H3,(H,27,29)(H4,23,24,28). The smallest absolute Gasteiger partial charge is 0.220 e. The van der Waals surface area contributed by atoms with Gasteiger partial charge in [-0.15, -0.1) is 0 Å². The Balaban J connectivity index is 2.14. The SMILES string of the molecule is CC(NC(=O)CCCc1ccc(N=C(N)N)cc1)C(O)NCCCCNCCCN. The molecule has 2 unspecified atom stereocenters. The molecule has 2 atom stereocenters. The first-order valence-electron chi connectivity index (χ1n) is 10.7. The molecule has 30 heavy (non-hydrogen) atoms. The summed E-state index contributed by atoms with van der Waals surface area (Å²) in [7, 11) is 0. The first-order valence-corrected chi connectivity index (χ1v) is 10.7. The van der Waals surface area contributed by atoms with Crippen molar-refractivity contribution in [2.24, 2.45) is 22.2 Å². The molecule has 0 aliphatic carbocycles. The topological polar surface area (TPSA) is 164 Å². The largest absolute Gasteiger partial charge is 0.376 e. The zero-order valence-electron chi connectivity index (χ0n) is 18.1. The van der Waals surface area contributed by atoms with Crippen LogP contribution in [0.25, 0.3) is 0 Å². The second-order valence-electron chi connectivity index (χ2n) is 7.41. The lowest BCUT2D eigenvalue weighted by Gasteiger charge is -2.21. The second kappa shape index (κ2) is 15.6. The summed E-state index contributed by atoms with van der Waals surface area (Å²) in [5, 5.41) is 19.4. The molecule has 9 nitrogen and oxygen atoms in total. The van der Waals surface area contributed by atoms with Crippen LogP contribution in [0.15, 0.2) is 29.3 Å². The summed E-state index contributed by atoms with van der Waals surface area (Å²) < 4.78 is 0. The molecular formula is C21H39N7O2. The van der Waals surface area contributed by atoms with Gasteiger partial charge in [0.15, 0.2) is 5.96 Å². The van der Waals surface area contributed by atoms with Crippen LogP contribution in [-0.4, -0.2) is 55.4 Å². The van der Waals surface area contributed by atoms with Crippen LogP contribution in [0.4, 0.5) is 5.69 Å². The fourth-order valence-corrected chi connectivity index (χ4v) is 2.90. The summed E-state index contributed by atoms with van der Waals surface area (Å²) in [4.78, 5) is 16.1. The minimum Gasteiger partial charge on any atom is -0.376 e. The van der Waals surface area contributed by atoms with Gasteiger partial charge < -0.3 is 32.9 Å². The Labute approximate surface area is 179 Å². The maximum Gasteiger partial charge on any atom is 0.220 e. The van der Waals surface area contributed by atoms with Crippen molar-refractivity contribution in [3.8, 4) is 0 Å². The minimum absolute atomic E-state index is 0.0283.